The number of hydrogen-bond donors (Lipinski definition) is 0. The highest BCUT2D eigenvalue weighted by molar-refractivity contribution is 9.10. The van der Waals surface area contributed by atoms with E-state index in [1.807, 2.05) is 0 Å². The highest BCUT2D eigenvalue weighted by atomic mass is 79.9. The molecule has 1 aromatic carbocycles. The van der Waals surface area contributed by atoms with Crippen molar-refractivity contribution in [3.8, 4) is 11.6 Å². The molecule has 0 amide bonds. The van der Waals surface area contributed by atoms with Crippen LogP contribution in [0.3, 0.4) is 0 Å². The van der Waals surface area contributed by atoms with E-state index in [4.69, 9.17) is 16.3 Å². The SMILES string of the molecule is O=[N+]([O-])c1cccc(Oc2ncc(Cl)cc2F)c1Br. The zero-order valence-electron chi connectivity index (χ0n) is 9.14. The van der Waals surface area contributed by atoms with E-state index in [2.05, 4.69) is 20.9 Å². The summed E-state index contributed by atoms with van der Waals surface area (Å²) in [6.07, 6.45) is 1.21. The third kappa shape index (κ3) is 2.99. The molecule has 0 aliphatic heterocycles. The third-order valence-electron chi connectivity index (χ3n) is 2.12. The molecule has 0 saturated heterocycles. The van der Waals surface area contributed by atoms with Crippen LogP contribution in [0.4, 0.5) is 10.1 Å². The molecule has 1 aromatic heterocycles. The van der Waals surface area contributed by atoms with Gasteiger partial charge in [0.1, 0.15) is 4.47 Å². The minimum absolute atomic E-state index is 0.0860. The Kier molecular flexibility index (Phi) is 3.96. The van der Waals surface area contributed by atoms with Gasteiger partial charge in [-0.05, 0) is 28.1 Å². The number of pyridine rings is 1. The molecular weight excluding hydrogens is 342 g/mol. The van der Waals surface area contributed by atoms with Crippen LogP contribution in [0, 0.1) is 15.9 Å². The van der Waals surface area contributed by atoms with Crippen molar-refractivity contribution in [3.05, 3.63) is 55.9 Å². The maximum Gasteiger partial charge on any atom is 0.287 e. The van der Waals surface area contributed by atoms with Gasteiger partial charge in [-0.15, -0.1) is 0 Å². The Morgan fingerprint density at radius 1 is 1.47 bits per heavy atom. The van der Waals surface area contributed by atoms with Gasteiger partial charge in [0.15, 0.2) is 11.6 Å². The normalized spacial score (nSPS) is 10.3. The first kappa shape index (κ1) is 13.7. The maximum absolute atomic E-state index is 13.5. The van der Waals surface area contributed by atoms with Gasteiger partial charge < -0.3 is 4.74 Å². The average Bonchev–Trinajstić information content (AvgIpc) is 2.34. The summed E-state index contributed by atoms with van der Waals surface area (Å²) < 4.78 is 18.8. The van der Waals surface area contributed by atoms with Crippen LogP contribution >= 0.6 is 27.5 Å². The standard InChI is InChI=1S/C11H5BrClFN2O3/c12-10-8(16(17)18)2-1-3-9(10)19-11-7(14)4-6(13)5-15-11/h1-5H. The first-order valence-corrected chi connectivity index (χ1v) is 6.08. The average molecular weight is 348 g/mol. The molecule has 0 radical (unpaired) electrons. The quantitative estimate of drug-likeness (QED) is 0.612. The molecule has 0 atom stereocenters. The molecule has 1 heterocycles. The Morgan fingerprint density at radius 3 is 2.84 bits per heavy atom. The fraction of sp³-hybridized carbons (Fsp3) is 0. The van der Waals surface area contributed by atoms with Gasteiger partial charge in [-0.3, -0.25) is 10.1 Å². The molecule has 0 bridgehead atoms. The van der Waals surface area contributed by atoms with Crippen LogP contribution in [0.25, 0.3) is 0 Å². The third-order valence-corrected chi connectivity index (χ3v) is 3.12. The second-order valence-corrected chi connectivity index (χ2v) is 4.62. The van der Waals surface area contributed by atoms with E-state index in [1.165, 1.54) is 24.4 Å². The Bertz CT molecular complexity index is 654. The van der Waals surface area contributed by atoms with Crippen LogP contribution in [0.2, 0.25) is 5.02 Å². The molecule has 19 heavy (non-hydrogen) atoms. The molecule has 0 saturated carbocycles. The van der Waals surface area contributed by atoms with Gasteiger partial charge >= 0.3 is 0 Å². The topological polar surface area (TPSA) is 65.3 Å². The van der Waals surface area contributed by atoms with Gasteiger partial charge in [-0.1, -0.05) is 17.7 Å². The lowest BCUT2D eigenvalue weighted by Crippen LogP contribution is -1.95. The minimum atomic E-state index is -0.758. The number of aromatic nitrogens is 1. The molecule has 98 valence electrons. The first-order chi connectivity index (χ1) is 8.99. The van der Waals surface area contributed by atoms with E-state index in [-0.39, 0.29) is 26.8 Å². The number of nitro groups is 1. The van der Waals surface area contributed by atoms with Crippen LogP contribution < -0.4 is 4.74 Å². The number of rotatable bonds is 3. The van der Waals surface area contributed by atoms with Gasteiger partial charge in [0.2, 0.25) is 0 Å². The Morgan fingerprint density at radius 2 is 2.21 bits per heavy atom. The largest absolute Gasteiger partial charge is 0.435 e. The van der Waals surface area contributed by atoms with Crippen molar-refractivity contribution in [1.29, 1.82) is 0 Å². The number of benzene rings is 1. The molecular formula is C11H5BrClFN2O3. The summed E-state index contributed by atoms with van der Waals surface area (Å²) in [7, 11) is 0. The van der Waals surface area contributed by atoms with Gasteiger partial charge in [-0.25, -0.2) is 9.37 Å². The molecule has 8 heteroatoms. The van der Waals surface area contributed by atoms with E-state index >= 15 is 0 Å². The summed E-state index contributed by atoms with van der Waals surface area (Å²) >= 11 is 8.60. The molecule has 0 unspecified atom stereocenters. The zero-order chi connectivity index (χ0) is 14.0. The number of ether oxygens (including phenoxy) is 1. The summed E-state index contributed by atoms with van der Waals surface area (Å²) in [5, 5.41) is 10.9. The number of hydrogen-bond acceptors (Lipinski definition) is 4. The van der Waals surface area contributed by atoms with Gasteiger partial charge in [-0.2, -0.15) is 0 Å². The Balaban J connectivity index is 2.38. The van der Waals surface area contributed by atoms with Crippen molar-refractivity contribution in [3.63, 3.8) is 0 Å². The zero-order valence-corrected chi connectivity index (χ0v) is 11.5. The van der Waals surface area contributed by atoms with Gasteiger partial charge in [0, 0.05) is 12.3 Å². The van der Waals surface area contributed by atoms with Crippen molar-refractivity contribution >= 4 is 33.2 Å². The summed E-state index contributed by atoms with van der Waals surface area (Å²) in [6, 6.07) is 5.20. The minimum Gasteiger partial charge on any atom is -0.435 e. The van der Waals surface area contributed by atoms with Gasteiger partial charge in [0.05, 0.1) is 9.95 Å². The van der Waals surface area contributed by atoms with Gasteiger partial charge in [0.25, 0.3) is 11.6 Å². The van der Waals surface area contributed by atoms with Crippen LogP contribution in [0.1, 0.15) is 0 Å². The van der Waals surface area contributed by atoms with Crippen molar-refractivity contribution in [2.24, 2.45) is 0 Å². The molecule has 2 aromatic rings. The van der Waals surface area contributed by atoms with E-state index in [0.717, 1.165) is 6.07 Å². The van der Waals surface area contributed by atoms with E-state index in [9.17, 15) is 14.5 Å². The smallest absolute Gasteiger partial charge is 0.287 e. The van der Waals surface area contributed by atoms with Crippen LogP contribution in [0.5, 0.6) is 11.6 Å². The fourth-order valence-corrected chi connectivity index (χ4v) is 1.93. The van der Waals surface area contributed by atoms with Crippen molar-refractivity contribution < 1.29 is 14.1 Å². The summed E-state index contributed by atoms with van der Waals surface area (Å²) in [5.74, 6) is -0.987. The van der Waals surface area contributed by atoms with E-state index in [0.29, 0.717) is 0 Å². The van der Waals surface area contributed by atoms with E-state index < -0.39 is 10.7 Å². The summed E-state index contributed by atoms with van der Waals surface area (Å²) in [4.78, 5) is 13.8. The number of halogens is 3. The molecule has 0 aliphatic carbocycles. The molecule has 5 nitrogen and oxygen atoms in total. The molecule has 0 N–H and O–H groups in total. The van der Waals surface area contributed by atoms with E-state index in [1.54, 1.807) is 0 Å². The molecule has 0 spiro atoms. The number of nitrogens with zero attached hydrogens (tertiary/aromatic N) is 2. The lowest BCUT2D eigenvalue weighted by atomic mass is 10.3. The monoisotopic (exact) mass is 346 g/mol. The molecule has 0 fully saturated rings. The van der Waals surface area contributed by atoms with Crippen molar-refractivity contribution in [2.75, 3.05) is 0 Å². The molecule has 2 rings (SSSR count). The van der Waals surface area contributed by atoms with Crippen LogP contribution in [-0.2, 0) is 0 Å². The maximum atomic E-state index is 13.5. The second-order valence-electron chi connectivity index (χ2n) is 3.39. The van der Waals surface area contributed by atoms with Crippen molar-refractivity contribution in [2.45, 2.75) is 0 Å². The summed E-state index contributed by atoms with van der Waals surface area (Å²) in [5.41, 5.74) is -0.188. The number of nitro benzene ring substituents is 1. The van der Waals surface area contributed by atoms with Crippen molar-refractivity contribution in [1.82, 2.24) is 4.98 Å². The van der Waals surface area contributed by atoms with Crippen LogP contribution in [0.15, 0.2) is 34.9 Å². The predicted octanol–water partition coefficient (Wildman–Crippen LogP) is 4.34. The Labute approximate surface area is 120 Å². The highest BCUT2D eigenvalue weighted by Gasteiger charge is 2.18. The Hall–Kier alpha value is -1.73. The molecule has 0 aliphatic rings. The highest BCUT2D eigenvalue weighted by Crippen LogP contribution is 2.36. The predicted molar refractivity (Wildman–Crippen MR) is 70.1 cm³/mol. The lowest BCUT2D eigenvalue weighted by Gasteiger charge is -2.07. The van der Waals surface area contributed by atoms with Crippen LogP contribution in [-0.4, -0.2) is 9.91 Å². The summed E-state index contributed by atoms with van der Waals surface area (Å²) in [6.45, 7) is 0. The lowest BCUT2D eigenvalue weighted by molar-refractivity contribution is -0.385. The fourth-order valence-electron chi connectivity index (χ4n) is 1.30. The first-order valence-electron chi connectivity index (χ1n) is 4.91. The second kappa shape index (κ2) is 5.50.